The highest BCUT2D eigenvalue weighted by Crippen LogP contribution is 2.35. The third kappa shape index (κ3) is 4.26. The lowest BCUT2D eigenvalue weighted by molar-refractivity contribution is 0.0172. The van der Waals surface area contributed by atoms with Crippen LogP contribution in [0.25, 0.3) is 10.9 Å². The number of alkyl halides is 2. The number of aromatic nitrogens is 2. The zero-order valence-corrected chi connectivity index (χ0v) is 16.0. The number of pyridine rings is 1. The Bertz CT molecular complexity index is 983. The SMILES string of the molecule is CC(F)(F)c1ncc(Nc2cc(CN3CCOCC3)nc3cc(F)ccc23)s1. The molecule has 148 valence electrons. The predicted molar refractivity (Wildman–Crippen MR) is 103 cm³/mol. The number of nitrogens with one attached hydrogen (secondary N) is 1. The van der Waals surface area contributed by atoms with Crippen LogP contribution < -0.4 is 5.32 Å². The average molecular weight is 408 g/mol. The molecule has 0 aliphatic carbocycles. The molecule has 0 radical (unpaired) electrons. The maximum absolute atomic E-state index is 13.7. The number of benzene rings is 1. The van der Waals surface area contributed by atoms with E-state index in [4.69, 9.17) is 4.74 Å². The van der Waals surface area contributed by atoms with Crippen LogP contribution in [0.15, 0.2) is 30.5 Å². The molecule has 1 saturated heterocycles. The first-order valence-electron chi connectivity index (χ1n) is 8.89. The van der Waals surface area contributed by atoms with Crippen molar-refractivity contribution in [3.05, 3.63) is 47.0 Å². The molecule has 1 N–H and O–H groups in total. The van der Waals surface area contributed by atoms with Gasteiger partial charge in [-0.2, -0.15) is 8.78 Å². The molecule has 9 heteroatoms. The maximum atomic E-state index is 13.7. The zero-order chi connectivity index (χ0) is 19.7. The van der Waals surface area contributed by atoms with E-state index in [1.54, 1.807) is 6.07 Å². The molecule has 1 aromatic carbocycles. The van der Waals surface area contributed by atoms with Gasteiger partial charge >= 0.3 is 0 Å². The number of hydrogen-bond acceptors (Lipinski definition) is 6. The summed E-state index contributed by atoms with van der Waals surface area (Å²) in [6.07, 6.45) is 1.38. The van der Waals surface area contributed by atoms with Crippen molar-refractivity contribution in [2.24, 2.45) is 0 Å². The van der Waals surface area contributed by atoms with Crippen molar-refractivity contribution in [1.82, 2.24) is 14.9 Å². The first kappa shape index (κ1) is 19.1. The highest BCUT2D eigenvalue weighted by atomic mass is 32.1. The Hall–Kier alpha value is -2.23. The van der Waals surface area contributed by atoms with Gasteiger partial charge < -0.3 is 10.1 Å². The first-order chi connectivity index (χ1) is 13.4. The Morgan fingerprint density at radius 3 is 2.75 bits per heavy atom. The van der Waals surface area contributed by atoms with Crippen molar-refractivity contribution in [1.29, 1.82) is 0 Å². The molecular weight excluding hydrogens is 389 g/mol. The van der Waals surface area contributed by atoms with E-state index in [-0.39, 0.29) is 10.8 Å². The number of fused-ring (bicyclic) bond motifs is 1. The number of thiazole rings is 1. The van der Waals surface area contributed by atoms with Crippen molar-refractivity contribution in [2.75, 3.05) is 31.6 Å². The fraction of sp³-hybridized carbons (Fsp3) is 0.368. The van der Waals surface area contributed by atoms with Crippen molar-refractivity contribution in [2.45, 2.75) is 19.4 Å². The Morgan fingerprint density at radius 2 is 2.04 bits per heavy atom. The summed E-state index contributed by atoms with van der Waals surface area (Å²) >= 11 is 0.894. The van der Waals surface area contributed by atoms with Gasteiger partial charge in [-0.25, -0.2) is 9.37 Å². The molecule has 0 bridgehead atoms. The zero-order valence-electron chi connectivity index (χ0n) is 15.2. The molecular formula is C19H19F3N4OS. The average Bonchev–Trinajstić information content (AvgIpc) is 3.11. The number of morpholine rings is 1. The molecule has 2 aromatic heterocycles. The van der Waals surface area contributed by atoms with Gasteiger partial charge in [-0.05, 0) is 18.2 Å². The summed E-state index contributed by atoms with van der Waals surface area (Å²) in [5, 5.41) is 4.10. The number of hydrogen-bond donors (Lipinski definition) is 1. The molecule has 5 nitrogen and oxygen atoms in total. The first-order valence-corrected chi connectivity index (χ1v) is 9.70. The second-order valence-electron chi connectivity index (χ2n) is 6.75. The fourth-order valence-electron chi connectivity index (χ4n) is 3.10. The van der Waals surface area contributed by atoms with Gasteiger partial charge in [-0.15, -0.1) is 0 Å². The summed E-state index contributed by atoms with van der Waals surface area (Å²) in [6.45, 7) is 4.36. The molecule has 3 heterocycles. The summed E-state index contributed by atoms with van der Waals surface area (Å²) in [4.78, 5) is 10.6. The van der Waals surface area contributed by atoms with E-state index in [2.05, 4.69) is 20.2 Å². The van der Waals surface area contributed by atoms with Crippen LogP contribution >= 0.6 is 11.3 Å². The molecule has 0 unspecified atom stereocenters. The van der Waals surface area contributed by atoms with Crippen LogP contribution in [-0.2, 0) is 17.2 Å². The van der Waals surface area contributed by atoms with Gasteiger partial charge in [0.05, 0.1) is 36.3 Å². The van der Waals surface area contributed by atoms with Crippen LogP contribution in [0.2, 0.25) is 0 Å². The number of halogens is 3. The van der Waals surface area contributed by atoms with E-state index in [1.165, 1.54) is 18.3 Å². The second-order valence-corrected chi connectivity index (χ2v) is 7.78. The van der Waals surface area contributed by atoms with E-state index >= 15 is 0 Å². The number of anilines is 2. The molecule has 4 rings (SSSR count). The van der Waals surface area contributed by atoms with Crippen LogP contribution in [0.1, 0.15) is 17.6 Å². The van der Waals surface area contributed by atoms with Crippen LogP contribution in [-0.4, -0.2) is 41.2 Å². The highest BCUT2D eigenvalue weighted by molar-refractivity contribution is 7.15. The predicted octanol–water partition coefficient (Wildman–Crippen LogP) is 4.52. The minimum Gasteiger partial charge on any atom is -0.379 e. The molecule has 1 aliphatic rings. The quantitative estimate of drug-likeness (QED) is 0.673. The topological polar surface area (TPSA) is 50.3 Å². The van der Waals surface area contributed by atoms with Gasteiger partial charge in [0.1, 0.15) is 10.8 Å². The van der Waals surface area contributed by atoms with E-state index in [9.17, 15) is 13.2 Å². The summed E-state index contributed by atoms with van der Waals surface area (Å²) in [6, 6.07) is 6.24. The number of ether oxygens (including phenoxy) is 1. The fourth-order valence-corrected chi connectivity index (χ4v) is 3.86. The van der Waals surface area contributed by atoms with Crippen molar-refractivity contribution >= 4 is 32.9 Å². The summed E-state index contributed by atoms with van der Waals surface area (Å²) in [5.74, 6) is -3.37. The number of rotatable bonds is 5. The molecule has 0 amide bonds. The molecule has 0 atom stereocenters. The molecule has 1 fully saturated rings. The van der Waals surface area contributed by atoms with E-state index in [0.29, 0.717) is 41.3 Å². The summed E-state index contributed by atoms with van der Waals surface area (Å²) in [7, 11) is 0. The second kappa shape index (κ2) is 7.65. The van der Waals surface area contributed by atoms with Gasteiger partial charge in [0.15, 0.2) is 5.01 Å². The van der Waals surface area contributed by atoms with E-state index in [0.717, 1.165) is 37.0 Å². The van der Waals surface area contributed by atoms with Gasteiger partial charge in [-0.3, -0.25) is 9.88 Å². The van der Waals surface area contributed by atoms with Crippen molar-refractivity contribution in [3.63, 3.8) is 0 Å². The van der Waals surface area contributed by atoms with E-state index < -0.39 is 5.92 Å². The van der Waals surface area contributed by atoms with Gasteiger partial charge in [0, 0.05) is 38.0 Å². The lowest BCUT2D eigenvalue weighted by Crippen LogP contribution is -2.35. The van der Waals surface area contributed by atoms with Gasteiger partial charge in [0.2, 0.25) is 0 Å². The normalized spacial score (nSPS) is 15.9. The van der Waals surface area contributed by atoms with Crippen LogP contribution in [0.3, 0.4) is 0 Å². The minimum absolute atomic E-state index is 0.257. The van der Waals surface area contributed by atoms with Crippen molar-refractivity contribution in [3.8, 4) is 0 Å². The molecule has 0 saturated carbocycles. The van der Waals surface area contributed by atoms with Crippen LogP contribution in [0.5, 0.6) is 0 Å². The van der Waals surface area contributed by atoms with E-state index in [1.807, 2.05) is 6.07 Å². The third-order valence-electron chi connectivity index (χ3n) is 4.45. The smallest absolute Gasteiger partial charge is 0.296 e. The third-order valence-corrected chi connectivity index (χ3v) is 5.54. The summed E-state index contributed by atoms with van der Waals surface area (Å²) < 4.78 is 46.1. The van der Waals surface area contributed by atoms with Gasteiger partial charge in [-0.1, -0.05) is 11.3 Å². The van der Waals surface area contributed by atoms with Crippen LogP contribution in [0, 0.1) is 5.82 Å². The Labute approximate surface area is 164 Å². The lowest BCUT2D eigenvalue weighted by Gasteiger charge is -2.26. The van der Waals surface area contributed by atoms with Crippen molar-refractivity contribution < 1.29 is 17.9 Å². The summed E-state index contributed by atoms with van der Waals surface area (Å²) in [5.41, 5.74) is 1.97. The van der Waals surface area contributed by atoms with Gasteiger partial charge in [0.25, 0.3) is 5.92 Å². The maximum Gasteiger partial charge on any atom is 0.296 e. The molecule has 28 heavy (non-hydrogen) atoms. The standard InChI is InChI=1S/C19H19F3N4OS/c1-19(21,22)18-23-10-17(28-18)25-16-9-13(11-26-4-6-27-7-5-26)24-15-8-12(20)2-3-14(15)16/h2-3,8-10H,4-7,11H2,1H3,(H,24,25). The van der Waals surface area contributed by atoms with Crippen LogP contribution in [0.4, 0.5) is 23.9 Å². The lowest BCUT2D eigenvalue weighted by atomic mass is 10.1. The number of nitrogens with zero attached hydrogens (tertiary/aromatic N) is 3. The highest BCUT2D eigenvalue weighted by Gasteiger charge is 2.28. The monoisotopic (exact) mass is 408 g/mol. The Kier molecular flexibility index (Phi) is 5.22. The Balaban J connectivity index is 1.67. The molecule has 1 aliphatic heterocycles. The largest absolute Gasteiger partial charge is 0.379 e. The molecule has 0 spiro atoms. The minimum atomic E-state index is -2.99. The Morgan fingerprint density at radius 1 is 1.25 bits per heavy atom. The molecule has 3 aromatic rings.